The lowest BCUT2D eigenvalue weighted by molar-refractivity contribution is -0.119. The zero-order valence-electron chi connectivity index (χ0n) is 10.1. The van der Waals surface area contributed by atoms with E-state index >= 15 is 0 Å². The molecule has 0 spiro atoms. The fourth-order valence-corrected chi connectivity index (χ4v) is 1.22. The molecule has 1 amide bonds. The van der Waals surface area contributed by atoms with Gasteiger partial charge in [0.25, 0.3) is 0 Å². The number of carbonyl (C=O) groups is 1. The number of rotatable bonds is 9. The minimum atomic E-state index is -0.0174. The van der Waals surface area contributed by atoms with Gasteiger partial charge in [0.2, 0.25) is 5.91 Å². The Morgan fingerprint density at radius 3 is 3.06 bits per heavy atom. The molecule has 1 heterocycles. The maximum Gasteiger partial charge on any atom is 0.233 e. The van der Waals surface area contributed by atoms with E-state index in [1.165, 1.54) is 0 Å². The second kappa shape index (κ2) is 8.66. The van der Waals surface area contributed by atoms with Crippen molar-refractivity contribution < 1.29 is 9.53 Å². The molecular weight excluding hydrogens is 222 g/mol. The van der Waals surface area contributed by atoms with E-state index in [-0.39, 0.29) is 5.91 Å². The molecular formula is C10H19N5O2. The Kier molecular flexibility index (Phi) is 6.92. The van der Waals surface area contributed by atoms with Crippen LogP contribution in [0.3, 0.4) is 0 Å². The Bertz CT molecular complexity index is 302. The van der Waals surface area contributed by atoms with Gasteiger partial charge in [-0.2, -0.15) is 0 Å². The van der Waals surface area contributed by atoms with Crippen molar-refractivity contribution in [2.45, 2.75) is 13.0 Å². The first-order chi connectivity index (χ1) is 8.33. The maximum atomic E-state index is 10.8. The third-order valence-corrected chi connectivity index (χ3v) is 2.14. The summed E-state index contributed by atoms with van der Waals surface area (Å²) < 4.78 is 7.16. The van der Waals surface area contributed by atoms with Crippen molar-refractivity contribution in [2.75, 3.05) is 33.4 Å². The van der Waals surface area contributed by atoms with Crippen LogP contribution in [-0.2, 0) is 16.1 Å². The van der Waals surface area contributed by atoms with Crippen LogP contribution in [0, 0.1) is 0 Å². The van der Waals surface area contributed by atoms with Gasteiger partial charge in [-0.1, -0.05) is 5.21 Å². The molecule has 7 nitrogen and oxygen atoms in total. The highest BCUT2D eigenvalue weighted by Crippen LogP contribution is 1.88. The van der Waals surface area contributed by atoms with E-state index in [2.05, 4.69) is 20.9 Å². The summed E-state index contributed by atoms with van der Waals surface area (Å²) in [4.78, 5) is 10.8. The third-order valence-electron chi connectivity index (χ3n) is 2.14. The largest absolute Gasteiger partial charge is 0.380 e. The van der Waals surface area contributed by atoms with Crippen molar-refractivity contribution in [3.05, 3.63) is 12.4 Å². The average molecular weight is 241 g/mol. The number of ether oxygens (including phenoxy) is 1. The molecule has 2 N–H and O–H groups in total. The summed E-state index contributed by atoms with van der Waals surface area (Å²) in [6.45, 7) is 3.11. The normalized spacial score (nSPS) is 10.4. The lowest BCUT2D eigenvalue weighted by Gasteiger charge is -2.05. The number of amides is 1. The second-order valence-corrected chi connectivity index (χ2v) is 3.48. The predicted octanol–water partition coefficient (Wildman–Crippen LogP) is -0.980. The number of nitrogens with one attached hydrogen (secondary N) is 2. The smallest absolute Gasteiger partial charge is 0.233 e. The van der Waals surface area contributed by atoms with Gasteiger partial charge in [0, 0.05) is 32.9 Å². The number of aromatic nitrogens is 3. The summed E-state index contributed by atoms with van der Waals surface area (Å²) in [7, 11) is 1.62. The van der Waals surface area contributed by atoms with Crippen molar-refractivity contribution in [1.29, 1.82) is 0 Å². The van der Waals surface area contributed by atoms with E-state index in [0.29, 0.717) is 26.3 Å². The molecule has 0 saturated carbocycles. The first-order valence-electron chi connectivity index (χ1n) is 5.66. The Labute approximate surface area is 101 Å². The van der Waals surface area contributed by atoms with Gasteiger partial charge < -0.3 is 15.4 Å². The lowest BCUT2D eigenvalue weighted by Crippen LogP contribution is -2.33. The Hall–Kier alpha value is -1.47. The summed E-state index contributed by atoms with van der Waals surface area (Å²) in [6, 6.07) is 0. The highest BCUT2D eigenvalue weighted by Gasteiger charge is 1.96. The molecule has 0 aromatic carbocycles. The summed E-state index contributed by atoms with van der Waals surface area (Å²) in [5, 5.41) is 13.1. The van der Waals surface area contributed by atoms with Crippen LogP contribution in [-0.4, -0.2) is 54.3 Å². The summed E-state index contributed by atoms with van der Waals surface area (Å²) in [6.07, 6.45) is 4.38. The molecule has 0 unspecified atom stereocenters. The van der Waals surface area contributed by atoms with E-state index < -0.39 is 0 Å². The fourth-order valence-electron chi connectivity index (χ4n) is 1.22. The first-order valence-corrected chi connectivity index (χ1v) is 5.66. The number of likely N-dealkylation sites (N-methyl/N-ethyl adjacent to an activating group) is 1. The van der Waals surface area contributed by atoms with Crippen LogP contribution in [0.2, 0.25) is 0 Å². The molecule has 0 atom stereocenters. The Morgan fingerprint density at radius 2 is 2.35 bits per heavy atom. The molecule has 1 aromatic rings. The number of nitrogens with zero attached hydrogens (tertiary/aromatic N) is 3. The van der Waals surface area contributed by atoms with Crippen LogP contribution in [0.5, 0.6) is 0 Å². The zero-order valence-corrected chi connectivity index (χ0v) is 10.1. The predicted molar refractivity (Wildman–Crippen MR) is 62.4 cm³/mol. The zero-order chi connectivity index (χ0) is 12.3. The van der Waals surface area contributed by atoms with Crippen LogP contribution in [0.4, 0.5) is 0 Å². The van der Waals surface area contributed by atoms with Crippen LogP contribution in [0.15, 0.2) is 12.4 Å². The van der Waals surface area contributed by atoms with Gasteiger partial charge in [-0.3, -0.25) is 9.48 Å². The number of hydrogen-bond acceptors (Lipinski definition) is 5. The first kappa shape index (κ1) is 13.6. The fraction of sp³-hybridized carbons (Fsp3) is 0.700. The minimum absolute atomic E-state index is 0.0174. The van der Waals surface area contributed by atoms with Gasteiger partial charge in [0.05, 0.1) is 19.3 Å². The minimum Gasteiger partial charge on any atom is -0.380 e. The van der Waals surface area contributed by atoms with Crippen molar-refractivity contribution >= 4 is 5.91 Å². The van der Waals surface area contributed by atoms with Crippen LogP contribution < -0.4 is 10.6 Å². The summed E-state index contributed by atoms with van der Waals surface area (Å²) in [5.41, 5.74) is 0. The quantitative estimate of drug-likeness (QED) is 0.543. The monoisotopic (exact) mass is 241 g/mol. The van der Waals surface area contributed by atoms with E-state index in [1.54, 1.807) is 17.9 Å². The molecule has 7 heteroatoms. The van der Waals surface area contributed by atoms with E-state index in [0.717, 1.165) is 13.0 Å². The van der Waals surface area contributed by atoms with Gasteiger partial charge in [0.15, 0.2) is 0 Å². The molecule has 1 rings (SSSR count). The van der Waals surface area contributed by atoms with Gasteiger partial charge in [0.1, 0.15) is 0 Å². The topological polar surface area (TPSA) is 81.1 Å². The van der Waals surface area contributed by atoms with Gasteiger partial charge in [-0.15, -0.1) is 5.10 Å². The third kappa shape index (κ3) is 6.64. The molecule has 0 aliphatic carbocycles. The van der Waals surface area contributed by atoms with Gasteiger partial charge in [-0.05, 0) is 6.42 Å². The highest BCUT2D eigenvalue weighted by atomic mass is 16.5. The second-order valence-electron chi connectivity index (χ2n) is 3.48. The molecule has 0 aliphatic rings. The van der Waals surface area contributed by atoms with Crippen LogP contribution in [0.25, 0.3) is 0 Å². The molecule has 0 aliphatic heterocycles. The summed E-state index contributed by atoms with van der Waals surface area (Å²) >= 11 is 0. The van der Waals surface area contributed by atoms with E-state index in [9.17, 15) is 4.79 Å². The number of carbonyl (C=O) groups excluding carboxylic acids is 1. The molecule has 0 fully saturated rings. The van der Waals surface area contributed by atoms with Crippen molar-refractivity contribution in [1.82, 2.24) is 25.6 Å². The lowest BCUT2D eigenvalue weighted by atomic mass is 10.4. The molecule has 0 saturated heterocycles. The van der Waals surface area contributed by atoms with E-state index in [4.69, 9.17) is 4.74 Å². The maximum absolute atomic E-state index is 10.8. The van der Waals surface area contributed by atoms with Crippen LogP contribution >= 0.6 is 0 Å². The van der Waals surface area contributed by atoms with Gasteiger partial charge in [-0.25, -0.2) is 0 Å². The van der Waals surface area contributed by atoms with Crippen molar-refractivity contribution in [3.63, 3.8) is 0 Å². The molecule has 0 radical (unpaired) electrons. The Morgan fingerprint density at radius 1 is 1.47 bits per heavy atom. The van der Waals surface area contributed by atoms with Crippen LogP contribution in [0.1, 0.15) is 6.42 Å². The number of aryl methyl sites for hydroxylation is 1. The highest BCUT2D eigenvalue weighted by molar-refractivity contribution is 5.77. The summed E-state index contributed by atoms with van der Waals surface area (Å²) in [5.74, 6) is -0.0174. The molecule has 0 bridgehead atoms. The van der Waals surface area contributed by atoms with E-state index in [1.807, 2.05) is 6.20 Å². The molecule has 17 heavy (non-hydrogen) atoms. The Balaban J connectivity index is 1.83. The van der Waals surface area contributed by atoms with Gasteiger partial charge >= 0.3 is 0 Å². The molecule has 96 valence electrons. The standard InChI is InChI=1S/C10H19N5O2/c1-11-10(16)9-12-4-8-17-7-2-5-15-6-3-13-14-15/h3,6,12H,2,4-5,7-9H2,1H3,(H,11,16). The van der Waals surface area contributed by atoms with Crippen molar-refractivity contribution in [3.8, 4) is 0 Å². The van der Waals surface area contributed by atoms with Crippen molar-refractivity contribution in [2.24, 2.45) is 0 Å². The average Bonchev–Trinajstić information content (AvgIpc) is 2.85. The number of hydrogen-bond donors (Lipinski definition) is 2. The molecule has 1 aromatic heterocycles. The SMILES string of the molecule is CNC(=O)CNCCOCCCn1ccnn1.